The number of carbonyl (C=O) groups is 1. The molecule has 0 aliphatic carbocycles. The molecule has 0 aromatic heterocycles. The van der Waals surface area contributed by atoms with Gasteiger partial charge in [-0.25, -0.2) is 5.06 Å². The van der Waals surface area contributed by atoms with E-state index in [4.69, 9.17) is 9.57 Å². The van der Waals surface area contributed by atoms with E-state index in [1.54, 1.807) is 0 Å². The third kappa shape index (κ3) is 2.25. The summed E-state index contributed by atoms with van der Waals surface area (Å²) in [6.45, 7) is 0.952. The lowest BCUT2D eigenvalue weighted by molar-refractivity contribution is -0.384. The number of nitro groups is 1. The quantitative estimate of drug-likeness (QED) is 0.599. The van der Waals surface area contributed by atoms with Crippen LogP contribution in [0.25, 0.3) is 0 Å². The van der Waals surface area contributed by atoms with Crippen LogP contribution in [-0.4, -0.2) is 36.2 Å². The minimum atomic E-state index is -0.555. The van der Waals surface area contributed by atoms with E-state index in [-0.39, 0.29) is 11.3 Å². The lowest BCUT2D eigenvalue weighted by atomic mass is 10.1. The van der Waals surface area contributed by atoms with E-state index < -0.39 is 10.8 Å². The number of benzene rings is 1. The molecular weight excluding hydrogens is 240 g/mol. The molecule has 18 heavy (non-hydrogen) atoms. The number of hydrogen-bond donors (Lipinski definition) is 0. The van der Waals surface area contributed by atoms with Crippen LogP contribution in [0.3, 0.4) is 0 Å². The summed E-state index contributed by atoms with van der Waals surface area (Å²) < 4.78 is 5.04. The summed E-state index contributed by atoms with van der Waals surface area (Å²) in [6.07, 6.45) is 0.753. The average Bonchev–Trinajstić information content (AvgIpc) is 2.90. The molecule has 0 atom stereocenters. The molecule has 1 heterocycles. The van der Waals surface area contributed by atoms with Crippen LogP contribution in [0.2, 0.25) is 0 Å². The van der Waals surface area contributed by atoms with Crippen molar-refractivity contribution in [2.45, 2.75) is 6.42 Å². The molecular formula is C11H12N2O5. The van der Waals surface area contributed by atoms with Crippen LogP contribution in [0.5, 0.6) is 5.75 Å². The van der Waals surface area contributed by atoms with Crippen LogP contribution < -0.4 is 4.74 Å². The van der Waals surface area contributed by atoms with Crippen LogP contribution in [-0.2, 0) is 4.84 Å². The van der Waals surface area contributed by atoms with Crippen molar-refractivity contribution in [3.05, 3.63) is 33.9 Å². The molecule has 0 spiro atoms. The molecule has 1 saturated heterocycles. The molecule has 0 N–H and O–H groups in total. The van der Waals surface area contributed by atoms with Crippen molar-refractivity contribution in [1.29, 1.82) is 0 Å². The van der Waals surface area contributed by atoms with Crippen LogP contribution in [0, 0.1) is 10.1 Å². The Hall–Kier alpha value is -2.15. The minimum absolute atomic E-state index is 0.133. The van der Waals surface area contributed by atoms with Gasteiger partial charge in [0, 0.05) is 12.1 Å². The Balaban J connectivity index is 2.36. The predicted molar refractivity (Wildman–Crippen MR) is 61.3 cm³/mol. The van der Waals surface area contributed by atoms with Crippen molar-refractivity contribution in [3.63, 3.8) is 0 Å². The second kappa shape index (κ2) is 5.01. The van der Waals surface area contributed by atoms with E-state index in [1.807, 2.05) is 0 Å². The van der Waals surface area contributed by atoms with E-state index in [1.165, 1.54) is 30.4 Å². The topological polar surface area (TPSA) is 81.9 Å². The zero-order chi connectivity index (χ0) is 13.1. The summed E-state index contributed by atoms with van der Waals surface area (Å²) in [6, 6.07) is 3.89. The average molecular weight is 252 g/mol. The van der Waals surface area contributed by atoms with Crippen LogP contribution in [0.4, 0.5) is 5.69 Å². The summed E-state index contributed by atoms with van der Waals surface area (Å²) in [5.74, 6) is -0.130. The van der Waals surface area contributed by atoms with Crippen molar-refractivity contribution < 1.29 is 19.3 Å². The van der Waals surface area contributed by atoms with Gasteiger partial charge in [-0.05, 0) is 12.5 Å². The molecule has 1 aliphatic rings. The molecule has 1 aromatic rings. The highest BCUT2D eigenvalue weighted by molar-refractivity contribution is 5.97. The van der Waals surface area contributed by atoms with E-state index in [0.29, 0.717) is 18.9 Å². The highest BCUT2D eigenvalue weighted by Gasteiger charge is 2.25. The zero-order valence-corrected chi connectivity index (χ0v) is 9.79. The normalized spacial score (nSPS) is 14.6. The van der Waals surface area contributed by atoms with Gasteiger partial charge in [-0.3, -0.25) is 19.7 Å². The van der Waals surface area contributed by atoms with Crippen LogP contribution >= 0.6 is 0 Å². The molecule has 0 bridgehead atoms. The van der Waals surface area contributed by atoms with Gasteiger partial charge in [-0.2, -0.15) is 0 Å². The predicted octanol–water partition coefficient (Wildman–Crippen LogP) is 1.38. The Morgan fingerprint density at radius 2 is 2.33 bits per heavy atom. The maximum Gasteiger partial charge on any atom is 0.281 e. The smallest absolute Gasteiger partial charge is 0.281 e. The van der Waals surface area contributed by atoms with Crippen molar-refractivity contribution in [3.8, 4) is 5.75 Å². The fourth-order valence-electron chi connectivity index (χ4n) is 1.72. The molecule has 1 fully saturated rings. The second-order valence-electron chi connectivity index (χ2n) is 3.74. The second-order valence-corrected chi connectivity index (χ2v) is 3.74. The summed E-state index contributed by atoms with van der Waals surface area (Å²) in [5.41, 5.74) is -0.0213. The first-order valence-electron chi connectivity index (χ1n) is 5.40. The van der Waals surface area contributed by atoms with Gasteiger partial charge in [0.05, 0.1) is 30.7 Å². The van der Waals surface area contributed by atoms with E-state index in [9.17, 15) is 14.9 Å². The number of non-ortho nitro benzene ring substituents is 1. The van der Waals surface area contributed by atoms with Gasteiger partial charge in [0.1, 0.15) is 5.75 Å². The highest BCUT2D eigenvalue weighted by atomic mass is 16.7. The minimum Gasteiger partial charge on any atom is -0.496 e. The summed E-state index contributed by atoms with van der Waals surface area (Å²) in [7, 11) is 1.41. The fourth-order valence-corrected chi connectivity index (χ4v) is 1.72. The number of nitro benzene ring substituents is 1. The molecule has 2 rings (SSSR count). The third-order valence-electron chi connectivity index (χ3n) is 2.60. The molecule has 7 nitrogen and oxygen atoms in total. The number of hydrogen-bond acceptors (Lipinski definition) is 5. The van der Waals surface area contributed by atoms with Crippen molar-refractivity contribution in [1.82, 2.24) is 5.06 Å². The lowest BCUT2D eigenvalue weighted by Gasteiger charge is -2.15. The van der Waals surface area contributed by atoms with Gasteiger partial charge in [0.15, 0.2) is 0 Å². The first kappa shape index (κ1) is 12.3. The first-order chi connectivity index (χ1) is 8.63. The lowest BCUT2D eigenvalue weighted by Crippen LogP contribution is -2.27. The van der Waals surface area contributed by atoms with Gasteiger partial charge in [0.2, 0.25) is 0 Å². The van der Waals surface area contributed by atoms with Crippen LogP contribution in [0.15, 0.2) is 18.2 Å². The number of ether oxygens (including phenoxy) is 1. The van der Waals surface area contributed by atoms with E-state index in [2.05, 4.69) is 0 Å². The summed E-state index contributed by atoms with van der Waals surface area (Å²) in [4.78, 5) is 27.4. The zero-order valence-electron chi connectivity index (χ0n) is 9.79. The first-order valence-corrected chi connectivity index (χ1v) is 5.40. The number of nitrogens with zero attached hydrogens (tertiary/aromatic N) is 2. The maximum atomic E-state index is 12.1. The number of carbonyl (C=O) groups excluding carboxylic acids is 1. The molecule has 1 aliphatic heterocycles. The van der Waals surface area contributed by atoms with Gasteiger partial charge < -0.3 is 4.74 Å². The van der Waals surface area contributed by atoms with E-state index >= 15 is 0 Å². The van der Waals surface area contributed by atoms with Crippen molar-refractivity contribution in [2.75, 3.05) is 20.3 Å². The van der Waals surface area contributed by atoms with Gasteiger partial charge >= 0.3 is 0 Å². The molecule has 0 unspecified atom stereocenters. The van der Waals surface area contributed by atoms with Gasteiger partial charge in [-0.15, -0.1) is 0 Å². The Labute approximate surface area is 103 Å². The monoisotopic (exact) mass is 252 g/mol. The SMILES string of the molecule is COc1ccc([N+](=O)[O-])cc1C(=O)N1CCCO1. The maximum absolute atomic E-state index is 12.1. The Morgan fingerprint density at radius 3 is 2.89 bits per heavy atom. The number of rotatable bonds is 3. The van der Waals surface area contributed by atoms with Crippen molar-refractivity contribution in [2.24, 2.45) is 0 Å². The van der Waals surface area contributed by atoms with Gasteiger partial charge in [0.25, 0.3) is 11.6 Å². The molecule has 0 radical (unpaired) electrons. The highest BCUT2D eigenvalue weighted by Crippen LogP contribution is 2.26. The molecule has 7 heteroatoms. The number of methoxy groups -OCH3 is 1. The Kier molecular flexibility index (Phi) is 3.42. The van der Waals surface area contributed by atoms with E-state index in [0.717, 1.165) is 6.42 Å². The summed E-state index contributed by atoms with van der Waals surface area (Å²) in [5, 5.41) is 11.9. The van der Waals surface area contributed by atoms with Crippen molar-refractivity contribution >= 4 is 11.6 Å². The number of amides is 1. The molecule has 1 aromatic carbocycles. The Bertz CT molecular complexity index is 482. The standard InChI is InChI=1S/C11H12N2O5/c1-17-10-4-3-8(13(15)16)7-9(10)11(14)12-5-2-6-18-12/h3-4,7H,2,5-6H2,1H3. The molecule has 96 valence electrons. The Morgan fingerprint density at radius 1 is 1.56 bits per heavy atom. The van der Waals surface area contributed by atoms with Crippen LogP contribution in [0.1, 0.15) is 16.8 Å². The largest absolute Gasteiger partial charge is 0.496 e. The fraction of sp³-hybridized carbons (Fsp3) is 0.364. The third-order valence-corrected chi connectivity index (χ3v) is 2.60. The van der Waals surface area contributed by atoms with Gasteiger partial charge in [-0.1, -0.05) is 0 Å². The summed E-state index contributed by atoms with van der Waals surface area (Å²) >= 11 is 0. The molecule has 0 saturated carbocycles. The molecule has 1 amide bonds. The number of hydroxylamine groups is 2.